The predicted octanol–water partition coefficient (Wildman–Crippen LogP) is 0.889. The molecular formula is C14H20N2O3. The standard InChI is InChI=1S/C14H20N2O3/c1-9-5-11(3-4-13(9)17)14(18)16-7-12(6-15)19-8-10(16)2/h3-5,10,12,17H,6-8,15H2,1-2H3. The van der Waals surface area contributed by atoms with Gasteiger partial charge in [0.25, 0.3) is 5.91 Å². The summed E-state index contributed by atoms with van der Waals surface area (Å²) in [6.45, 7) is 5.15. The van der Waals surface area contributed by atoms with E-state index in [1.807, 2.05) is 6.92 Å². The van der Waals surface area contributed by atoms with Crippen LogP contribution in [0.3, 0.4) is 0 Å². The molecule has 2 unspecified atom stereocenters. The van der Waals surface area contributed by atoms with E-state index in [1.165, 1.54) is 0 Å². The van der Waals surface area contributed by atoms with E-state index in [4.69, 9.17) is 10.5 Å². The molecule has 1 aromatic rings. The van der Waals surface area contributed by atoms with Crippen molar-refractivity contribution in [3.8, 4) is 5.75 Å². The summed E-state index contributed by atoms with van der Waals surface area (Å²) < 4.78 is 5.54. The van der Waals surface area contributed by atoms with Crippen LogP contribution in [0, 0.1) is 6.92 Å². The summed E-state index contributed by atoms with van der Waals surface area (Å²) in [5, 5.41) is 9.51. The first-order chi connectivity index (χ1) is 9.02. The first-order valence-electron chi connectivity index (χ1n) is 6.45. The second kappa shape index (κ2) is 5.59. The summed E-state index contributed by atoms with van der Waals surface area (Å²) >= 11 is 0. The van der Waals surface area contributed by atoms with Crippen LogP contribution in [0.2, 0.25) is 0 Å². The molecule has 1 heterocycles. The second-order valence-electron chi connectivity index (χ2n) is 5.00. The molecule has 5 nitrogen and oxygen atoms in total. The lowest BCUT2D eigenvalue weighted by atomic mass is 10.1. The van der Waals surface area contributed by atoms with Crippen molar-refractivity contribution >= 4 is 5.91 Å². The van der Waals surface area contributed by atoms with Crippen molar-refractivity contribution in [2.24, 2.45) is 5.73 Å². The predicted molar refractivity (Wildman–Crippen MR) is 72.1 cm³/mol. The molecule has 2 rings (SSSR count). The number of morpholine rings is 1. The fraction of sp³-hybridized carbons (Fsp3) is 0.500. The van der Waals surface area contributed by atoms with E-state index >= 15 is 0 Å². The van der Waals surface area contributed by atoms with Crippen LogP contribution in [0.4, 0.5) is 0 Å². The van der Waals surface area contributed by atoms with Crippen LogP contribution in [-0.2, 0) is 4.74 Å². The van der Waals surface area contributed by atoms with Crippen molar-refractivity contribution in [1.29, 1.82) is 0 Å². The smallest absolute Gasteiger partial charge is 0.254 e. The molecule has 1 aliphatic rings. The minimum Gasteiger partial charge on any atom is -0.508 e. The maximum absolute atomic E-state index is 12.5. The van der Waals surface area contributed by atoms with Gasteiger partial charge in [0.15, 0.2) is 0 Å². The summed E-state index contributed by atoms with van der Waals surface area (Å²) in [6.07, 6.45) is -0.0987. The number of benzene rings is 1. The number of rotatable bonds is 2. The fourth-order valence-corrected chi connectivity index (χ4v) is 2.20. The van der Waals surface area contributed by atoms with Crippen LogP contribution in [0.25, 0.3) is 0 Å². The number of carbonyl (C=O) groups is 1. The summed E-state index contributed by atoms with van der Waals surface area (Å²) in [4.78, 5) is 14.3. The van der Waals surface area contributed by atoms with E-state index in [1.54, 1.807) is 30.0 Å². The lowest BCUT2D eigenvalue weighted by Gasteiger charge is -2.37. The number of phenolic OH excluding ortho intramolecular Hbond substituents is 1. The van der Waals surface area contributed by atoms with E-state index in [-0.39, 0.29) is 23.8 Å². The largest absolute Gasteiger partial charge is 0.508 e. The topological polar surface area (TPSA) is 75.8 Å². The highest BCUT2D eigenvalue weighted by atomic mass is 16.5. The van der Waals surface area contributed by atoms with E-state index in [0.717, 1.165) is 0 Å². The molecule has 0 spiro atoms. The van der Waals surface area contributed by atoms with E-state index in [0.29, 0.717) is 30.8 Å². The molecule has 19 heavy (non-hydrogen) atoms. The van der Waals surface area contributed by atoms with Gasteiger partial charge >= 0.3 is 0 Å². The zero-order valence-corrected chi connectivity index (χ0v) is 11.3. The van der Waals surface area contributed by atoms with Gasteiger partial charge in [0.05, 0.1) is 18.8 Å². The Morgan fingerprint density at radius 1 is 1.58 bits per heavy atom. The minimum absolute atomic E-state index is 0.0319. The first kappa shape index (κ1) is 13.8. The average Bonchev–Trinajstić information content (AvgIpc) is 2.41. The fourth-order valence-electron chi connectivity index (χ4n) is 2.20. The molecule has 2 atom stereocenters. The molecule has 1 aliphatic heterocycles. The van der Waals surface area contributed by atoms with Gasteiger partial charge in [-0.05, 0) is 37.6 Å². The molecule has 0 radical (unpaired) electrons. The number of ether oxygens (including phenoxy) is 1. The average molecular weight is 264 g/mol. The number of hydrogen-bond acceptors (Lipinski definition) is 4. The number of aryl methyl sites for hydroxylation is 1. The quantitative estimate of drug-likeness (QED) is 0.831. The number of amides is 1. The van der Waals surface area contributed by atoms with E-state index < -0.39 is 0 Å². The van der Waals surface area contributed by atoms with Gasteiger partial charge in [-0.15, -0.1) is 0 Å². The first-order valence-corrected chi connectivity index (χ1v) is 6.45. The highest BCUT2D eigenvalue weighted by Gasteiger charge is 2.29. The van der Waals surface area contributed by atoms with Gasteiger partial charge in [-0.1, -0.05) is 0 Å². The maximum Gasteiger partial charge on any atom is 0.254 e. The lowest BCUT2D eigenvalue weighted by molar-refractivity contribution is -0.0426. The Kier molecular flexibility index (Phi) is 4.07. The number of aromatic hydroxyl groups is 1. The van der Waals surface area contributed by atoms with Crippen LogP contribution < -0.4 is 5.73 Å². The molecule has 0 aromatic heterocycles. The highest BCUT2D eigenvalue weighted by molar-refractivity contribution is 5.95. The summed E-state index contributed by atoms with van der Waals surface area (Å²) in [7, 11) is 0. The molecule has 3 N–H and O–H groups in total. The summed E-state index contributed by atoms with van der Waals surface area (Å²) in [6, 6.07) is 4.93. The Labute approximate surface area is 113 Å². The number of phenols is 1. The van der Waals surface area contributed by atoms with Crippen molar-refractivity contribution < 1.29 is 14.6 Å². The second-order valence-corrected chi connectivity index (χ2v) is 5.00. The molecule has 1 aromatic carbocycles. The number of carbonyl (C=O) groups excluding carboxylic acids is 1. The van der Waals surface area contributed by atoms with Crippen LogP contribution >= 0.6 is 0 Å². The monoisotopic (exact) mass is 264 g/mol. The van der Waals surface area contributed by atoms with Gasteiger partial charge in [0.2, 0.25) is 0 Å². The third kappa shape index (κ3) is 2.88. The van der Waals surface area contributed by atoms with Crippen LogP contribution in [0.15, 0.2) is 18.2 Å². The Bertz CT molecular complexity index is 476. The van der Waals surface area contributed by atoms with E-state index in [2.05, 4.69) is 0 Å². The van der Waals surface area contributed by atoms with Crippen LogP contribution in [-0.4, -0.2) is 47.8 Å². The lowest BCUT2D eigenvalue weighted by Crippen LogP contribution is -2.52. The molecular weight excluding hydrogens is 244 g/mol. The molecule has 1 saturated heterocycles. The maximum atomic E-state index is 12.5. The van der Waals surface area contributed by atoms with Crippen LogP contribution in [0.5, 0.6) is 5.75 Å². The van der Waals surface area contributed by atoms with Crippen molar-refractivity contribution in [1.82, 2.24) is 4.90 Å². The molecule has 1 amide bonds. The number of nitrogens with zero attached hydrogens (tertiary/aromatic N) is 1. The van der Waals surface area contributed by atoms with Crippen molar-refractivity contribution in [2.45, 2.75) is 26.0 Å². The van der Waals surface area contributed by atoms with Gasteiger partial charge in [-0.2, -0.15) is 0 Å². The Hall–Kier alpha value is -1.59. The molecule has 0 saturated carbocycles. The minimum atomic E-state index is -0.0987. The van der Waals surface area contributed by atoms with Gasteiger partial charge in [0.1, 0.15) is 5.75 Å². The van der Waals surface area contributed by atoms with Gasteiger partial charge in [0, 0.05) is 18.7 Å². The SMILES string of the molecule is Cc1cc(C(=O)N2CC(CN)OCC2C)ccc1O. The third-order valence-electron chi connectivity index (χ3n) is 3.47. The molecule has 1 fully saturated rings. The van der Waals surface area contributed by atoms with E-state index in [9.17, 15) is 9.90 Å². The van der Waals surface area contributed by atoms with Crippen molar-refractivity contribution in [3.05, 3.63) is 29.3 Å². The zero-order chi connectivity index (χ0) is 14.0. The third-order valence-corrected chi connectivity index (χ3v) is 3.47. The molecule has 5 heteroatoms. The van der Waals surface area contributed by atoms with Crippen molar-refractivity contribution in [3.63, 3.8) is 0 Å². The van der Waals surface area contributed by atoms with Gasteiger partial charge in [-0.25, -0.2) is 0 Å². The number of nitrogens with two attached hydrogens (primary N) is 1. The van der Waals surface area contributed by atoms with Crippen LogP contribution in [0.1, 0.15) is 22.8 Å². The Morgan fingerprint density at radius 3 is 2.95 bits per heavy atom. The van der Waals surface area contributed by atoms with Gasteiger partial charge in [-0.3, -0.25) is 4.79 Å². The molecule has 0 aliphatic carbocycles. The van der Waals surface area contributed by atoms with Crippen molar-refractivity contribution in [2.75, 3.05) is 19.7 Å². The van der Waals surface area contributed by atoms with Gasteiger partial charge < -0.3 is 20.5 Å². The summed E-state index contributed by atoms with van der Waals surface area (Å²) in [5.41, 5.74) is 6.88. The molecule has 0 bridgehead atoms. The summed E-state index contributed by atoms with van der Waals surface area (Å²) in [5.74, 6) is 0.156. The normalized spacial score (nSPS) is 23.4. The number of hydrogen-bond donors (Lipinski definition) is 2. The Balaban J connectivity index is 2.19. The highest BCUT2D eigenvalue weighted by Crippen LogP contribution is 2.20. The molecule has 104 valence electrons. The Morgan fingerprint density at radius 2 is 2.32 bits per heavy atom. The zero-order valence-electron chi connectivity index (χ0n) is 11.3.